The number of allylic oxidation sites excluding steroid dienone is 1. The lowest BCUT2D eigenvalue weighted by atomic mass is 10.1. The Hall–Kier alpha value is -1.48. The van der Waals surface area contributed by atoms with Crippen LogP contribution in [0.15, 0.2) is 30.9 Å². The van der Waals surface area contributed by atoms with Crippen LogP contribution in [0.5, 0.6) is 11.5 Å². The summed E-state index contributed by atoms with van der Waals surface area (Å²) in [5, 5.41) is 0. The molecule has 1 rings (SSSR count). The van der Waals surface area contributed by atoms with E-state index in [0.717, 1.165) is 36.3 Å². The van der Waals surface area contributed by atoms with Crippen LogP contribution in [0.3, 0.4) is 0 Å². The minimum atomic E-state index is 0.610. The second-order valence-corrected chi connectivity index (χ2v) is 4.00. The van der Waals surface area contributed by atoms with Gasteiger partial charge < -0.3 is 15.2 Å². The predicted molar refractivity (Wildman–Crippen MR) is 75.3 cm³/mol. The van der Waals surface area contributed by atoms with Crippen LogP contribution < -0.4 is 15.2 Å². The molecule has 3 nitrogen and oxygen atoms in total. The van der Waals surface area contributed by atoms with Crippen molar-refractivity contribution in [2.45, 2.75) is 26.2 Å². The van der Waals surface area contributed by atoms with Crippen LogP contribution in [-0.2, 0) is 6.42 Å². The summed E-state index contributed by atoms with van der Waals surface area (Å²) >= 11 is 0. The monoisotopic (exact) mass is 249 g/mol. The number of rotatable bonds is 9. The van der Waals surface area contributed by atoms with Crippen LogP contribution in [-0.4, -0.2) is 19.8 Å². The van der Waals surface area contributed by atoms with E-state index in [0.29, 0.717) is 19.8 Å². The Bertz CT molecular complexity index is 339. The fourth-order valence-corrected chi connectivity index (χ4v) is 1.75. The summed E-state index contributed by atoms with van der Waals surface area (Å²) < 4.78 is 11.4. The summed E-state index contributed by atoms with van der Waals surface area (Å²) in [7, 11) is 0. The van der Waals surface area contributed by atoms with Crippen molar-refractivity contribution in [1.82, 2.24) is 0 Å². The van der Waals surface area contributed by atoms with E-state index in [-0.39, 0.29) is 0 Å². The maximum absolute atomic E-state index is 5.85. The third-order valence-corrected chi connectivity index (χ3v) is 2.57. The van der Waals surface area contributed by atoms with Gasteiger partial charge in [0.25, 0.3) is 0 Å². The molecule has 0 fully saturated rings. The molecular formula is C15H23NO2. The van der Waals surface area contributed by atoms with Gasteiger partial charge in [0.15, 0.2) is 11.5 Å². The Balaban J connectivity index is 2.77. The first-order valence-corrected chi connectivity index (χ1v) is 6.52. The van der Waals surface area contributed by atoms with Crippen LogP contribution in [0.1, 0.15) is 25.3 Å². The zero-order valence-electron chi connectivity index (χ0n) is 11.2. The Labute approximate surface area is 110 Å². The van der Waals surface area contributed by atoms with E-state index >= 15 is 0 Å². The second kappa shape index (κ2) is 8.59. The van der Waals surface area contributed by atoms with E-state index in [1.54, 1.807) is 0 Å². The molecular weight excluding hydrogens is 226 g/mol. The third-order valence-electron chi connectivity index (χ3n) is 2.57. The average Bonchev–Trinajstić information content (AvgIpc) is 2.38. The average molecular weight is 249 g/mol. The van der Waals surface area contributed by atoms with Crippen LogP contribution >= 0.6 is 0 Å². The molecule has 2 N–H and O–H groups in total. The van der Waals surface area contributed by atoms with Crippen LogP contribution in [0, 0.1) is 0 Å². The van der Waals surface area contributed by atoms with E-state index in [9.17, 15) is 0 Å². The minimum absolute atomic E-state index is 0.610. The topological polar surface area (TPSA) is 44.5 Å². The quantitative estimate of drug-likeness (QED) is 0.540. The van der Waals surface area contributed by atoms with E-state index in [2.05, 4.69) is 6.58 Å². The number of para-hydroxylation sites is 1. The van der Waals surface area contributed by atoms with Crippen molar-refractivity contribution in [1.29, 1.82) is 0 Å². The highest BCUT2D eigenvalue weighted by molar-refractivity contribution is 5.46. The maximum Gasteiger partial charge on any atom is 0.164 e. The van der Waals surface area contributed by atoms with Crippen molar-refractivity contribution < 1.29 is 9.47 Å². The Kier molecular flexibility index (Phi) is 6.96. The Morgan fingerprint density at radius 2 is 2.17 bits per heavy atom. The summed E-state index contributed by atoms with van der Waals surface area (Å²) in [4.78, 5) is 0. The van der Waals surface area contributed by atoms with E-state index < -0.39 is 0 Å². The fraction of sp³-hybridized carbons (Fsp3) is 0.467. The largest absolute Gasteiger partial charge is 0.490 e. The summed E-state index contributed by atoms with van der Waals surface area (Å²) in [6, 6.07) is 5.96. The first-order chi connectivity index (χ1) is 8.83. The third kappa shape index (κ3) is 4.41. The number of benzene rings is 1. The molecule has 3 heteroatoms. The number of nitrogens with two attached hydrogens (primary N) is 1. The molecule has 0 aliphatic rings. The first-order valence-electron chi connectivity index (χ1n) is 6.52. The van der Waals surface area contributed by atoms with Crippen molar-refractivity contribution in [3.05, 3.63) is 36.4 Å². The predicted octanol–water partition coefficient (Wildman–Crippen LogP) is 2.93. The molecule has 0 heterocycles. The van der Waals surface area contributed by atoms with Gasteiger partial charge in [-0.05, 0) is 44.4 Å². The maximum atomic E-state index is 5.85. The molecule has 0 amide bonds. The summed E-state index contributed by atoms with van der Waals surface area (Å²) in [6.07, 6.45) is 4.63. The van der Waals surface area contributed by atoms with E-state index in [1.165, 1.54) is 0 Å². The van der Waals surface area contributed by atoms with Gasteiger partial charge in [-0.25, -0.2) is 0 Å². The molecule has 0 spiro atoms. The lowest BCUT2D eigenvalue weighted by Crippen LogP contribution is -2.07. The van der Waals surface area contributed by atoms with Crippen molar-refractivity contribution in [3.8, 4) is 11.5 Å². The zero-order valence-corrected chi connectivity index (χ0v) is 11.2. The molecule has 0 saturated carbocycles. The molecule has 18 heavy (non-hydrogen) atoms. The smallest absolute Gasteiger partial charge is 0.164 e. The molecule has 0 atom stereocenters. The highest BCUT2D eigenvalue weighted by atomic mass is 16.5. The molecule has 1 aromatic rings. The van der Waals surface area contributed by atoms with Gasteiger partial charge in [-0.3, -0.25) is 0 Å². The molecule has 0 aliphatic carbocycles. The van der Waals surface area contributed by atoms with Crippen LogP contribution in [0.2, 0.25) is 0 Å². The molecule has 0 saturated heterocycles. The van der Waals surface area contributed by atoms with Gasteiger partial charge in [0.05, 0.1) is 13.2 Å². The minimum Gasteiger partial charge on any atom is -0.490 e. The highest BCUT2D eigenvalue weighted by Gasteiger charge is 2.10. The van der Waals surface area contributed by atoms with Gasteiger partial charge in [0, 0.05) is 0 Å². The van der Waals surface area contributed by atoms with Gasteiger partial charge in [-0.1, -0.05) is 18.2 Å². The number of unbranched alkanes of at least 4 members (excludes halogenated alkanes) is 1. The fourth-order valence-electron chi connectivity index (χ4n) is 1.75. The van der Waals surface area contributed by atoms with Crippen LogP contribution in [0.25, 0.3) is 0 Å². The van der Waals surface area contributed by atoms with Gasteiger partial charge in [0.1, 0.15) is 0 Å². The lowest BCUT2D eigenvalue weighted by molar-refractivity contribution is 0.271. The molecule has 0 aliphatic heterocycles. The molecule has 0 unspecified atom stereocenters. The van der Waals surface area contributed by atoms with Gasteiger partial charge >= 0.3 is 0 Å². The number of ether oxygens (including phenoxy) is 2. The van der Waals surface area contributed by atoms with Gasteiger partial charge in [-0.2, -0.15) is 0 Å². The molecule has 0 aromatic heterocycles. The second-order valence-electron chi connectivity index (χ2n) is 4.00. The molecule has 1 aromatic carbocycles. The van der Waals surface area contributed by atoms with Gasteiger partial charge in [-0.15, -0.1) is 6.58 Å². The van der Waals surface area contributed by atoms with E-state index in [4.69, 9.17) is 15.2 Å². The molecule has 0 radical (unpaired) electrons. The summed E-state index contributed by atoms with van der Waals surface area (Å²) in [6.45, 7) is 7.59. The normalized spacial score (nSPS) is 10.1. The van der Waals surface area contributed by atoms with Gasteiger partial charge in [0.2, 0.25) is 0 Å². The Morgan fingerprint density at radius 1 is 1.33 bits per heavy atom. The van der Waals surface area contributed by atoms with Crippen molar-refractivity contribution >= 4 is 0 Å². The van der Waals surface area contributed by atoms with Crippen molar-refractivity contribution in [2.24, 2.45) is 5.73 Å². The molecule has 100 valence electrons. The lowest BCUT2D eigenvalue weighted by Gasteiger charge is -2.15. The van der Waals surface area contributed by atoms with Crippen molar-refractivity contribution in [2.75, 3.05) is 19.8 Å². The number of hydrogen-bond donors (Lipinski definition) is 1. The van der Waals surface area contributed by atoms with E-state index in [1.807, 2.05) is 31.2 Å². The first kappa shape index (κ1) is 14.6. The zero-order chi connectivity index (χ0) is 13.2. The standard InChI is InChI=1S/C15H23NO2/c1-3-5-6-12-18-15-13(10-11-16)8-7-9-14(15)17-4-2/h3,7-9H,1,4-6,10-12,16H2,2H3. The highest BCUT2D eigenvalue weighted by Crippen LogP contribution is 2.31. The summed E-state index contributed by atoms with van der Waals surface area (Å²) in [5.74, 6) is 1.65. The number of hydrogen-bond acceptors (Lipinski definition) is 3. The Morgan fingerprint density at radius 3 is 2.83 bits per heavy atom. The summed E-state index contributed by atoms with van der Waals surface area (Å²) in [5.41, 5.74) is 6.73. The SMILES string of the molecule is C=CCCCOc1c(CCN)cccc1OCC. The van der Waals surface area contributed by atoms with Crippen LogP contribution in [0.4, 0.5) is 0 Å². The molecule has 0 bridgehead atoms. The van der Waals surface area contributed by atoms with Crippen molar-refractivity contribution in [3.63, 3.8) is 0 Å².